The van der Waals surface area contributed by atoms with E-state index in [2.05, 4.69) is 38.2 Å². The van der Waals surface area contributed by atoms with E-state index in [-0.39, 0.29) is 0 Å². The van der Waals surface area contributed by atoms with Gasteiger partial charge in [-0.05, 0) is 25.3 Å². The number of hydrogen-bond acceptors (Lipinski definition) is 1. The highest BCUT2D eigenvalue weighted by Crippen LogP contribution is 2.17. The molecule has 0 saturated carbocycles. The average molecular weight is 196 g/mol. The van der Waals surface area contributed by atoms with E-state index in [9.17, 15) is 0 Å². The molecule has 1 unspecified atom stereocenters. The zero-order chi connectivity index (χ0) is 9.68. The van der Waals surface area contributed by atoms with E-state index in [1.807, 2.05) is 0 Å². The summed E-state index contributed by atoms with van der Waals surface area (Å²) in [6.07, 6.45) is 9.02. The van der Waals surface area contributed by atoms with Gasteiger partial charge in [0.25, 0.3) is 0 Å². The Balaban J connectivity index is 2.41. The maximum absolute atomic E-state index is 5.75. The van der Waals surface area contributed by atoms with Crippen LogP contribution in [0.25, 0.3) is 0 Å². The van der Waals surface area contributed by atoms with Crippen LogP contribution in [0.5, 0.6) is 0 Å². The van der Waals surface area contributed by atoms with E-state index in [1.54, 1.807) is 0 Å². The SMILES string of the molecule is CCOC(CC1=CCC=C1)[SiH](C)C. The van der Waals surface area contributed by atoms with Crippen LogP contribution in [0.2, 0.25) is 13.1 Å². The summed E-state index contributed by atoms with van der Waals surface area (Å²) in [6.45, 7) is 7.66. The fourth-order valence-electron chi connectivity index (χ4n) is 1.59. The Bertz CT molecular complexity index is 206. The second-order valence-corrected chi connectivity index (χ2v) is 7.09. The van der Waals surface area contributed by atoms with Crippen LogP contribution >= 0.6 is 0 Å². The lowest BCUT2D eigenvalue weighted by atomic mass is 10.2. The number of hydrogen-bond donors (Lipinski definition) is 0. The van der Waals surface area contributed by atoms with E-state index in [0.29, 0.717) is 5.73 Å². The van der Waals surface area contributed by atoms with Crippen molar-refractivity contribution in [1.29, 1.82) is 0 Å². The highest BCUT2D eigenvalue weighted by Gasteiger charge is 2.15. The van der Waals surface area contributed by atoms with Crippen LogP contribution in [0.4, 0.5) is 0 Å². The Hall–Kier alpha value is -0.343. The van der Waals surface area contributed by atoms with E-state index in [0.717, 1.165) is 19.4 Å². The minimum absolute atomic E-state index is 0.527. The number of allylic oxidation sites excluding steroid dienone is 3. The van der Waals surface area contributed by atoms with Gasteiger partial charge in [-0.3, -0.25) is 0 Å². The molecule has 0 N–H and O–H groups in total. The van der Waals surface area contributed by atoms with Crippen LogP contribution in [0.3, 0.4) is 0 Å². The van der Waals surface area contributed by atoms with Gasteiger partial charge in [0.15, 0.2) is 0 Å². The molecule has 1 atom stereocenters. The minimum Gasteiger partial charge on any atom is -0.382 e. The summed E-state index contributed by atoms with van der Waals surface area (Å²) >= 11 is 0. The second-order valence-electron chi connectivity index (χ2n) is 3.86. The lowest BCUT2D eigenvalue weighted by Gasteiger charge is -2.19. The molecule has 1 rings (SSSR count). The Morgan fingerprint density at radius 1 is 1.54 bits per heavy atom. The standard InChI is InChI=1S/C11H20OSi/c1-4-12-11(13(2)3)9-10-7-5-6-8-10/h5,7-8,11,13H,4,6,9H2,1-3H3. The van der Waals surface area contributed by atoms with Gasteiger partial charge < -0.3 is 4.74 Å². The molecule has 0 aromatic heterocycles. The molecular formula is C11H20OSi. The molecule has 0 heterocycles. The molecule has 0 aliphatic heterocycles. The highest BCUT2D eigenvalue weighted by molar-refractivity contribution is 6.57. The van der Waals surface area contributed by atoms with Crippen molar-refractivity contribution in [3.63, 3.8) is 0 Å². The quantitative estimate of drug-likeness (QED) is 0.614. The largest absolute Gasteiger partial charge is 0.382 e. The molecule has 0 aromatic carbocycles. The fourth-order valence-corrected chi connectivity index (χ4v) is 2.91. The van der Waals surface area contributed by atoms with Crippen molar-refractivity contribution in [3.8, 4) is 0 Å². The molecule has 0 saturated heterocycles. The van der Waals surface area contributed by atoms with Gasteiger partial charge in [-0.25, -0.2) is 0 Å². The van der Waals surface area contributed by atoms with Crippen molar-refractivity contribution >= 4 is 8.80 Å². The van der Waals surface area contributed by atoms with Crippen molar-refractivity contribution in [2.75, 3.05) is 6.61 Å². The van der Waals surface area contributed by atoms with Gasteiger partial charge in [0.1, 0.15) is 0 Å². The van der Waals surface area contributed by atoms with E-state index >= 15 is 0 Å². The molecule has 1 aliphatic rings. The average Bonchev–Trinajstić information content (AvgIpc) is 2.56. The first-order valence-electron chi connectivity index (χ1n) is 5.21. The highest BCUT2D eigenvalue weighted by atomic mass is 28.3. The third kappa shape index (κ3) is 3.49. The minimum atomic E-state index is -0.656. The van der Waals surface area contributed by atoms with Crippen LogP contribution in [0.1, 0.15) is 19.8 Å². The molecular weight excluding hydrogens is 176 g/mol. The van der Waals surface area contributed by atoms with E-state index in [1.165, 1.54) is 5.57 Å². The van der Waals surface area contributed by atoms with Crippen molar-refractivity contribution in [3.05, 3.63) is 23.8 Å². The molecule has 1 nitrogen and oxygen atoms in total. The summed E-state index contributed by atoms with van der Waals surface area (Å²) in [6, 6.07) is 0. The Kier molecular flexibility index (Phi) is 4.46. The molecule has 0 bridgehead atoms. The molecule has 1 aliphatic carbocycles. The van der Waals surface area contributed by atoms with E-state index in [4.69, 9.17) is 4.74 Å². The molecule has 0 amide bonds. The maximum atomic E-state index is 5.75. The van der Waals surface area contributed by atoms with Gasteiger partial charge in [-0.1, -0.05) is 31.3 Å². The predicted octanol–water partition coefficient (Wildman–Crippen LogP) is 2.69. The lowest BCUT2D eigenvalue weighted by molar-refractivity contribution is 0.115. The monoisotopic (exact) mass is 196 g/mol. The normalized spacial score (nSPS) is 18.0. The van der Waals surface area contributed by atoms with Crippen LogP contribution in [0.15, 0.2) is 23.8 Å². The Morgan fingerprint density at radius 2 is 2.31 bits per heavy atom. The van der Waals surface area contributed by atoms with Gasteiger partial charge in [0, 0.05) is 12.3 Å². The molecule has 0 aromatic rings. The second kappa shape index (κ2) is 5.40. The van der Waals surface area contributed by atoms with Crippen LogP contribution in [0, 0.1) is 0 Å². The summed E-state index contributed by atoms with van der Waals surface area (Å²) in [4.78, 5) is 0. The fraction of sp³-hybridized carbons (Fsp3) is 0.636. The summed E-state index contributed by atoms with van der Waals surface area (Å²) in [5.41, 5.74) is 2.00. The first kappa shape index (κ1) is 10.7. The number of ether oxygens (including phenoxy) is 1. The molecule has 2 heteroatoms. The van der Waals surface area contributed by atoms with Gasteiger partial charge in [-0.2, -0.15) is 0 Å². The summed E-state index contributed by atoms with van der Waals surface area (Å²) in [5.74, 6) is 0. The van der Waals surface area contributed by atoms with Gasteiger partial charge in [0.05, 0.1) is 8.80 Å². The maximum Gasteiger partial charge on any atom is 0.0660 e. The Labute approximate surface area is 83.1 Å². The van der Waals surface area contributed by atoms with Crippen LogP contribution in [-0.4, -0.2) is 21.1 Å². The summed E-state index contributed by atoms with van der Waals surface area (Å²) in [5, 5.41) is 0. The first-order chi connectivity index (χ1) is 6.24. The first-order valence-corrected chi connectivity index (χ1v) is 8.18. The van der Waals surface area contributed by atoms with Crippen molar-refractivity contribution < 1.29 is 4.74 Å². The molecule has 0 fully saturated rings. The van der Waals surface area contributed by atoms with Crippen LogP contribution in [-0.2, 0) is 4.74 Å². The third-order valence-electron chi connectivity index (χ3n) is 2.41. The zero-order valence-corrected chi connectivity index (χ0v) is 10.1. The smallest absolute Gasteiger partial charge is 0.0660 e. The van der Waals surface area contributed by atoms with Crippen LogP contribution < -0.4 is 0 Å². The summed E-state index contributed by atoms with van der Waals surface area (Å²) < 4.78 is 5.75. The molecule has 0 spiro atoms. The van der Waals surface area contributed by atoms with Crippen molar-refractivity contribution in [1.82, 2.24) is 0 Å². The predicted molar refractivity (Wildman–Crippen MR) is 60.7 cm³/mol. The molecule has 13 heavy (non-hydrogen) atoms. The van der Waals surface area contributed by atoms with Crippen molar-refractivity contribution in [2.24, 2.45) is 0 Å². The van der Waals surface area contributed by atoms with E-state index < -0.39 is 8.80 Å². The van der Waals surface area contributed by atoms with Gasteiger partial charge in [0.2, 0.25) is 0 Å². The molecule has 0 radical (unpaired) electrons. The zero-order valence-electron chi connectivity index (χ0n) is 8.92. The van der Waals surface area contributed by atoms with Crippen molar-refractivity contribution in [2.45, 2.75) is 38.6 Å². The van der Waals surface area contributed by atoms with Gasteiger partial charge in [-0.15, -0.1) is 0 Å². The topological polar surface area (TPSA) is 9.23 Å². The third-order valence-corrected chi connectivity index (χ3v) is 4.32. The van der Waals surface area contributed by atoms with Gasteiger partial charge >= 0.3 is 0 Å². The number of rotatable bonds is 5. The molecule has 74 valence electrons. The lowest BCUT2D eigenvalue weighted by Crippen LogP contribution is -2.28. The summed E-state index contributed by atoms with van der Waals surface area (Å²) in [7, 11) is -0.656. The Morgan fingerprint density at radius 3 is 2.77 bits per heavy atom.